The third kappa shape index (κ3) is 2.66. The molecule has 7 nitrogen and oxygen atoms in total. The van der Waals surface area contributed by atoms with Crippen molar-refractivity contribution in [3.63, 3.8) is 0 Å². The van der Waals surface area contributed by atoms with Crippen LogP contribution in [0, 0.1) is 0 Å². The first-order chi connectivity index (χ1) is 9.67. The molecule has 0 aliphatic heterocycles. The van der Waals surface area contributed by atoms with Gasteiger partial charge in [0.25, 0.3) is 5.82 Å². The Hall–Kier alpha value is -2.70. The summed E-state index contributed by atoms with van der Waals surface area (Å²) in [5.74, 6) is -1.64. The summed E-state index contributed by atoms with van der Waals surface area (Å²) in [4.78, 5) is 27.2. The van der Waals surface area contributed by atoms with E-state index >= 15 is 0 Å². The SMILES string of the molecule is CCOC(=O)c1nc(C(=O)OC)nn1-c1ccccc1. The van der Waals surface area contributed by atoms with Crippen LogP contribution in [0.2, 0.25) is 0 Å². The molecule has 0 saturated carbocycles. The summed E-state index contributed by atoms with van der Waals surface area (Å²) in [6.45, 7) is 1.89. The number of esters is 2. The van der Waals surface area contributed by atoms with Gasteiger partial charge in [0.1, 0.15) is 0 Å². The topological polar surface area (TPSA) is 83.3 Å². The third-order valence-electron chi connectivity index (χ3n) is 2.43. The Kier molecular flexibility index (Phi) is 4.09. The molecule has 0 spiro atoms. The van der Waals surface area contributed by atoms with Gasteiger partial charge in [-0.15, -0.1) is 5.10 Å². The Morgan fingerprint density at radius 3 is 2.50 bits per heavy atom. The maximum Gasteiger partial charge on any atom is 0.377 e. The van der Waals surface area contributed by atoms with E-state index in [0.29, 0.717) is 5.69 Å². The normalized spacial score (nSPS) is 10.1. The van der Waals surface area contributed by atoms with E-state index in [1.54, 1.807) is 31.2 Å². The van der Waals surface area contributed by atoms with Crippen LogP contribution in [-0.4, -0.2) is 40.4 Å². The van der Waals surface area contributed by atoms with E-state index in [2.05, 4.69) is 14.8 Å². The zero-order valence-corrected chi connectivity index (χ0v) is 11.1. The molecule has 0 fully saturated rings. The molecule has 0 aliphatic carbocycles. The van der Waals surface area contributed by atoms with E-state index in [1.807, 2.05) is 6.07 Å². The molecule has 0 aliphatic rings. The quantitative estimate of drug-likeness (QED) is 0.780. The van der Waals surface area contributed by atoms with Crippen molar-refractivity contribution in [2.24, 2.45) is 0 Å². The number of nitrogens with zero attached hydrogens (tertiary/aromatic N) is 3. The second-order valence-electron chi connectivity index (χ2n) is 3.72. The largest absolute Gasteiger partial charge is 0.463 e. The Morgan fingerprint density at radius 2 is 1.90 bits per heavy atom. The number of para-hydroxylation sites is 1. The fourth-order valence-corrected chi connectivity index (χ4v) is 1.57. The lowest BCUT2D eigenvalue weighted by atomic mass is 10.3. The monoisotopic (exact) mass is 275 g/mol. The maximum absolute atomic E-state index is 11.9. The average Bonchev–Trinajstić information content (AvgIpc) is 2.93. The minimum absolute atomic E-state index is 0.0709. The van der Waals surface area contributed by atoms with Crippen LogP contribution in [0.4, 0.5) is 0 Å². The fourth-order valence-electron chi connectivity index (χ4n) is 1.57. The van der Waals surface area contributed by atoms with Crippen molar-refractivity contribution in [3.05, 3.63) is 42.0 Å². The average molecular weight is 275 g/mol. The lowest BCUT2D eigenvalue weighted by Crippen LogP contribution is -2.13. The molecule has 20 heavy (non-hydrogen) atoms. The second kappa shape index (κ2) is 5.96. The van der Waals surface area contributed by atoms with Crippen molar-refractivity contribution < 1.29 is 19.1 Å². The van der Waals surface area contributed by atoms with Gasteiger partial charge in [-0.3, -0.25) is 0 Å². The van der Waals surface area contributed by atoms with Crippen LogP contribution < -0.4 is 0 Å². The first kappa shape index (κ1) is 13.7. The number of ether oxygens (including phenoxy) is 2. The van der Waals surface area contributed by atoms with Gasteiger partial charge in [-0.25, -0.2) is 14.3 Å². The van der Waals surface area contributed by atoms with Crippen LogP contribution in [0.25, 0.3) is 5.69 Å². The number of carbonyl (C=O) groups is 2. The molecule has 2 rings (SSSR count). The molecule has 104 valence electrons. The highest BCUT2D eigenvalue weighted by molar-refractivity contribution is 5.90. The summed E-state index contributed by atoms with van der Waals surface area (Å²) in [7, 11) is 1.22. The van der Waals surface area contributed by atoms with Crippen molar-refractivity contribution >= 4 is 11.9 Å². The van der Waals surface area contributed by atoms with E-state index in [-0.39, 0.29) is 18.3 Å². The lowest BCUT2D eigenvalue weighted by molar-refractivity contribution is 0.0508. The van der Waals surface area contributed by atoms with E-state index in [4.69, 9.17) is 4.74 Å². The number of hydrogen-bond acceptors (Lipinski definition) is 6. The van der Waals surface area contributed by atoms with Gasteiger partial charge in [0, 0.05) is 0 Å². The molecule has 7 heteroatoms. The van der Waals surface area contributed by atoms with E-state index < -0.39 is 11.9 Å². The molecular weight excluding hydrogens is 262 g/mol. The van der Waals surface area contributed by atoms with Crippen LogP contribution in [0.3, 0.4) is 0 Å². The molecule has 0 atom stereocenters. The maximum atomic E-state index is 11.9. The zero-order chi connectivity index (χ0) is 14.5. The van der Waals surface area contributed by atoms with Gasteiger partial charge in [0.05, 0.1) is 19.4 Å². The number of aromatic nitrogens is 3. The molecule has 0 unspecified atom stereocenters. The van der Waals surface area contributed by atoms with Crippen molar-refractivity contribution in [2.75, 3.05) is 13.7 Å². The lowest BCUT2D eigenvalue weighted by Gasteiger charge is -2.04. The minimum atomic E-state index is -0.717. The van der Waals surface area contributed by atoms with Crippen molar-refractivity contribution in [1.82, 2.24) is 14.8 Å². The highest BCUT2D eigenvalue weighted by atomic mass is 16.5. The smallest absolute Gasteiger partial charge is 0.377 e. The molecule has 1 aromatic heterocycles. The molecule has 0 bridgehead atoms. The van der Waals surface area contributed by atoms with Crippen molar-refractivity contribution in [3.8, 4) is 5.69 Å². The van der Waals surface area contributed by atoms with Gasteiger partial charge in [-0.05, 0) is 19.1 Å². The number of benzene rings is 1. The van der Waals surface area contributed by atoms with Gasteiger partial charge >= 0.3 is 11.9 Å². The second-order valence-corrected chi connectivity index (χ2v) is 3.72. The number of rotatable bonds is 4. The molecular formula is C13H13N3O4. The van der Waals surface area contributed by atoms with E-state index in [0.717, 1.165) is 0 Å². The van der Waals surface area contributed by atoms with Crippen LogP contribution in [0.1, 0.15) is 28.2 Å². The van der Waals surface area contributed by atoms with Crippen LogP contribution >= 0.6 is 0 Å². The number of methoxy groups -OCH3 is 1. The number of carbonyl (C=O) groups excluding carboxylic acids is 2. The third-order valence-corrected chi connectivity index (χ3v) is 2.43. The molecule has 0 radical (unpaired) electrons. The first-order valence-electron chi connectivity index (χ1n) is 5.95. The molecule has 1 aromatic carbocycles. The Labute approximate surface area is 115 Å². The van der Waals surface area contributed by atoms with E-state index in [9.17, 15) is 9.59 Å². The summed E-state index contributed by atoms with van der Waals surface area (Å²) in [6.07, 6.45) is 0. The molecule has 0 N–H and O–H groups in total. The highest BCUT2D eigenvalue weighted by Crippen LogP contribution is 2.11. The van der Waals surface area contributed by atoms with E-state index in [1.165, 1.54) is 11.8 Å². The molecule has 2 aromatic rings. The van der Waals surface area contributed by atoms with Gasteiger partial charge in [0.15, 0.2) is 0 Å². The summed E-state index contributed by atoms with van der Waals surface area (Å²) >= 11 is 0. The summed E-state index contributed by atoms with van der Waals surface area (Å²) in [6, 6.07) is 8.86. The first-order valence-corrected chi connectivity index (χ1v) is 5.95. The van der Waals surface area contributed by atoms with Gasteiger partial charge in [-0.2, -0.15) is 4.98 Å². The Balaban J connectivity index is 2.50. The zero-order valence-electron chi connectivity index (χ0n) is 11.1. The number of hydrogen-bond donors (Lipinski definition) is 0. The Morgan fingerprint density at radius 1 is 1.20 bits per heavy atom. The van der Waals surface area contributed by atoms with Gasteiger partial charge in [-0.1, -0.05) is 18.2 Å². The minimum Gasteiger partial charge on any atom is -0.463 e. The van der Waals surface area contributed by atoms with Crippen molar-refractivity contribution in [1.29, 1.82) is 0 Å². The van der Waals surface area contributed by atoms with Crippen LogP contribution in [-0.2, 0) is 9.47 Å². The van der Waals surface area contributed by atoms with Gasteiger partial charge < -0.3 is 9.47 Å². The predicted octanol–water partition coefficient (Wildman–Crippen LogP) is 1.23. The fraction of sp³-hybridized carbons (Fsp3) is 0.231. The summed E-state index contributed by atoms with van der Waals surface area (Å²) in [5.41, 5.74) is 0.596. The Bertz CT molecular complexity index is 622. The predicted molar refractivity (Wildman–Crippen MR) is 68.7 cm³/mol. The summed E-state index contributed by atoms with van der Waals surface area (Å²) < 4.78 is 10.7. The standard InChI is InChI=1S/C13H13N3O4/c1-3-20-13(18)11-14-10(12(17)19-2)15-16(11)9-7-5-4-6-8-9/h4-8H,3H2,1-2H3. The van der Waals surface area contributed by atoms with Crippen molar-refractivity contribution in [2.45, 2.75) is 6.92 Å². The van der Waals surface area contributed by atoms with Crippen LogP contribution in [0.5, 0.6) is 0 Å². The van der Waals surface area contributed by atoms with Crippen LogP contribution in [0.15, 0.2) is 30.3 Å². The highest BCUT2D eigenvalue weighted by Gasteiger charge is 2.23. The summed E-state index contributed by atoms with van der Waals surface area (Å²) in [5, 5.41) is 3.98. The molecule has 1 heterocycles. The molecule has 0 saturated heterocycles. The molecule has 0 amide bonds. The van der Waals surface area contributed by atoms with Gasteiger partial charge in [0.2, 0.25) is 5.82 Å².